The van der Waals surface area contributed by atoms with Gasteiger partial charge in [0.25, 0.3) is 11.8 Å². The van der Waals surface area contributed by atoms with Crippen LogP contribution in [-0.2, 0) is 0 Å². The fourth-order valence-corrected chi connectivity index (χ4v) is 3.13. The van der Waals surface area contributed by atoms with Gasteiger partial charge in [-0.25, -0.2) is 4.39 Å². The minimum absolute atomic E-state index is 0.00913. The standard InChI is InChI=1S/C18H16BrFN2O3/c19-12-5-6-15(20)14(11-12)18(25)22-9-7-21(8-10-22)17(24)13-3-1-2-4-16(13)23/h1-6,11,23H,7-10H2. The maximum absolute atomic E-state index is 13.9. The second kappa shape index (κ2) is 7.23. The number of nitrogens with zero attached hydrogens (tertiary/aromatic N) is 2. The van der Waals surface area contributed by atoms with Crippen LogP contribution in [0.5, 0.6) is 5.75 Å². The minimum Gasteiger partial charge on any atom is -0.507 e. The molecule has 7 heteroatoms. The highest BCUT2D eigenvalue weighted by Crippen LogP contribution is 2.21. The molecule has 2 aromatic carbocycles. The Bertz CT molecular complexity index is 820. The molecule has 0 aliphatic carbocycles. The van der Waals surface area contributed by atoms with Crippen molar-refractivity contribution in [1.82, 2.24) is 9.80 Å². The summed E-state index contributed by atoms with van der Waals surface area (Å²) < 4.78 is 14.5. The molecular formula is C18H16BrFN2O3. The lowest BCUT2D eigenvalue weighted by Gasteiger charge is -2.35. The number of amides is 2. The topological polar surface area (TPSA) is 60.9 Å². The van der Waals surface area contributed by atoms with Gasteiger partial charge in [-0.05, 0) is 30.3 Å². The second-order valence-electron chi connectivity index (χ2n) is 5.73. The fourth-order valence-electron chi connectivity index (χ4n) is 2.77. The molecule has 0 bridgehead atoms. The summed E-state index contributed by atoms with van der Waals surface area (Å²) in [7, 11) is 0. The molecule has 2 amide bonds. The predicted molar refractivity (Wildman–Crippen MR) is 94.0 cm³/mol. The van der Waals surface area contributed by atoms with Crippen molar-refractivity contribution >= 4 is 27.7 Å². The van der Waals surface area contributed by atoms with Crippen LogP contribution in [0.1, 0.15) is 20.7 Å². The van der Waals surface area contributed by atoms with Gasteiger partial charge in [0, 0.05) is 30.7 Å². The van der Waals surface area contributed by atoms with Crippen LogP contribution in [0.3, 0.4) is 0 Å². The molecule has 1 aliphatic heterocycles. The van der Waals surface area contributed by atoms with Crippen molar-refractivity contribution in [2.45, 2.75) is 0 Å². The van der Waals surface area contributed by atoms with Gasteiger partial charge in [-0.15, -0.1) is 0 Å². The maximum Gasteiger partial charge on any atom is 0.257 e. The van der Waals surface area contributed by atoms with Crippen LogP contribution in [0.25, 0.3) is 0 Å². The summed E-state index contributed by atoms with van der Waals surface area (Å²) in [5.41, 5.74) is 0.246. The molecule has 25 heavy (non-hydrogen) atoms. The van der Waals surface area contributed by atoms with Crippen LogP contribution in [0.4, 0.5) is 4.39 Å². The Morgan fingerprint density at radius 1 is 0.920 bits per heavy atom. The third-order valence-electron chi connectivity index (χ3n) is 4.15. The molecule has 1 fully saturated rings. The number of hydrogen-bond donors (Lipinski definition) is 1. The van der Waals surface area contributed by atoms with Gasteiger partial charge in [0.2, 0.25) is 0 Å². The molecule has 0 unspecified atom stereocenters. The smallest absolute Gasteiger partial charge is 0.257 e. The Labute approximate surface area is 152 Å². The van der Waals surface area contributed by atoms with E-state index >= 15 is 0 Å². The van der Waals surface area contributed by atoms with E-state index in [-0.39, 0.29) is 22.8 Å². The number of para-hydroxylation sites is 1. The van der Waals surface area contributed by atoms with E-state index in [1.165, 1.54) is 29.2 Å². The first-order chi connectivity index (χ1) is 12.0. The third kappa shape index (κ3) is 3.66. The van der Waals surface area contributed by atoms with Crippen LogP contribution >= 0.6 is 15.9 Å². The number of phenolic OH excluding ortho intramolecular Hbond substituents is 1. The van der Waals surface area contributed by atoms with Crippen molar-refractivity contribution in [3.05, 3.63) is 63.9 Å². The van der Waals surface area contributed by atoms with Gasteiger partial charge in [0.15, 0.2) is 0 Å². The van der Waals surface area contributed by atoms with E-state index in [4.69, 9.17) is 0 Å². The van der Waals surface area contributed by atoms with Crippen LogP contribution in [0, 0.1) is 5.82 Å². The molecule has 0 radical (unpaired) electrons. The molecule has 0 atom stereocenters. The lowest BCUT2D eigenvalue weighted by molar-refractivity contribution is 0.0531. The molecule has 1 heterocycles. The number of hydrogen-bond acceptors (Lipinski definition) is 3. The molecule has 1 N–H and O–H groups in total. The Hall–Kier alpha value is -2.41. The zero-order chi connectivity index (χ0) is 18.0. The highest BCUT2D eigenvalue weighted by molar-refractivity contribution is 9.10. The molecule has 0 spiro atoms. The van der Waals surface area contributed by atoms with Gasteiger partial charge in [-0.2, -0.15) is 0 Å². The van der Waals surface area contributed by atoms with Gasteiger partial charge < -0.3 is 14.9 Å². The lowest BCUT2D eigenvalue weighted by Crippen LogP contribution is -2.50. The van der Waals surface area contributed by atoms with E-state index in [1.54, 1.807) is 23.1 Å². The van der Waals surface area contributed by atoms with E-state index in [0.29, 0.717) is 30.7 Å². The number of carbonyl (C=O) groups is 2. The van der Waals surface area contributed by atoms with Crippen LogP contribution in [0.15, 0.2) is 46.9 Å². The summed E-state index contributed by atoms with van der Waals surface area (Å²) >= 11 is 3.24. The van der Waals surface area contributed by atoms with E-state index < -0.39 is 11.7 Å². The first-order valence-electron chi connectivity index (χ1n) is 7.79. The molecular weight excluding hydrogens is 391 g/mol. The minimum atomic E-state index is -0.569. The number of phenols is 1. The SMILES string of the molecule is O=C(c1ccccc1O)N1CCN(C(=O)c2cc(Br)ccc2F)CC1. The highest BCUT2D eigenvalue weighted by atomic mass is 79.9. The van der Waals surface area contributed by atoms with E-state index in [9.17, 15) is 19.1 Å². The van der Waals surface area contributed by atoms with Crippen molar-refractivity contribution in [2.75, 3.05) is 26.2 Å². The molecule has 1 aliphatic rings. The van der Waals surface area contributed by atoms with Crippen LogP contribution in [-0.4, -0.2) is 52.9 Å². The van der Waals surface area contributed by atoms with E-state index in [1.807, 2.05) is 0 Å². The summed E-state index contributed by atoms with van der Waals surface area (Å²) in [4.78, 5) is 28.1. The van der Waals surface area contributed by atoms with Gasteiger partial charge in [0.1, 0.15) is 11.6 Å². The number of piperazine rings is 1. The average molecular weight is 407 g/mol. The summed E-state index contributed by atoms with van der Waals surface area (Å²) in [5, 5.41) is 9.80. The first kappa shape index (κ1) is 17.4. The fraction of sp³-hybridized carbons (Fsp3) is 0.222. The summed E-state index contributed by atoms with van der Waals surface area (Å²) in [5.74, 6) is -1.31. The van der Waals surface area contributed by atoms with E-state index in [2.05, 4.69) is 15.9 Å². The molecule has 0 saturated carbocycles. The van der Waals surface area contributed by atoms with Gasteiger partial charge >= 0.3 is 0 Å². The largest absolute Gasteiger partial charge is 0.507 e. The molecule has 130 valence electrons. The zero-order valence-corrected chi connectivity index (χ0v) is 14.9. The molecule has 2 aromatic rings. The average Bonchev–Trinajstić information content (AvgIpc) is 2.63. The normalized spacial score (nSPS) is 14.5. The van der Waals surface area contributed by atoms with E-state index in [0.717, 1.165) is 0 Å². The Kier molecular flexibility index (Phi) is 5.03. The summed E-state index contributed by atoms with van der Waals surface area (Å²) in [6, 6.07) is 10.6. The van der Waals surface area contributed by atoms with Gasteiger partial charge in [0.05, 0.1) is 11.1 Å². The molecule has 5 nitrogen and oxygen atoms in total. The lowest BCUT2D eigenvalue weighted by atomic mass is 10.1. The zero-order valence-electron chi connectivity index (χ0n) is 13.3. The maximum atomic E-state index is 13.9. The number of benzene rings is 2. The van der Waals surface area contributed by atoms with Crippen molar-refractivity contribution < 1.29 is 19.1 Å². The monoisotopic (exact) mass is 406 g/mol. The summed E-state index contributed by atoms with van der Waals surface area (Å²) in [6.45, 7) is 1.28. The highest BCUT2D eigenvalue weighted by Gasteiger charge is 2.27. The number of rotatable bonds is 2. The molecule has 0 aromatic heterocycles. The molecule has 1 saturated heterocycles. The first-order valence-corrected chi connectivity index (χ1v) is 8.58. The second-order valence-corrected chi connectivity index (χ2v) is 6.64. The number of carbonyl (C=O) groups excluding carboxylic acids is 2. The van der Waals surface area contributed by atoms with Crippen molar-refractivity contribution in [2.24, 2.45) is 0 Å². The number of halogens is 2. The Morgan fingerprint density at radius 3 is 2.08 bits per heavy atom. The quantitative estimate of drug-likeness (QED) is 0.833. The Balaban J connectivity index is 1.68. The van der Waals surface area contributed by atoms with Crippen molar-refractivity contribution in [3.63, 3.8) is 0 Å². The van der Waals surface area contributed by atoms with Crippen LogP contribution in [0.2, 0.25) is 0 Å². The molecule has 3 rings (SSSR count). The number of aromatic hydroxyl groups is 1. The Morgan fingerprint density at radius 2 is 1.48 bits per heavy atom. The summed E-state index contributed by atoms with van der Waals surface area (Å²) in [6.07, 6.45) is 0. The predicted octanol–water partition coefficient (Wildman–Crippen LogP) is 2.89. The van der Waals surface area contributed by atoms with Gasteiger partial charge in [-0.1, -0.05) is 28.1 Å². The van der Waals surface area contributed by atoms with Gasteiger partial charge in [-0.3, -0.25) is 9.59 Å². The third-order valence-corrected chi connectivity index (χ3v) is 4.64. The van der Waals surface area contributed by atoms with Crippen LogP contribution < -0.4 is 0 Å². The van der Waals surface area contributed by atoms with Crippen molar-refractivity contribution in [3.8, 4) is 5.75 Å². The van der Waals surface area contributed by atoms with Crippen molar-refractivity contribution in [1.29, 1.82) is 0 Å².